The average Bonchev–Trinajstić information content (AvgIpc) is 2.89. The molecule has 0 aliphatic heterocycles. The number of aromatic nitrogens is 1. The molecule has 0 fully saturated rings. The first kappa shape index (κ1) is 26.0. The summed E-state index contributed by atoms with van der Waals surface area (Å²) >= 11 is 0. The Morgan fingerprint density at radius 3 is 2.12 bits per heavy atom. The Balaban J connectivity index is 1.48. The third-order valence-electron chi connectivity index (χ3n) is 6.55. The van der Waals surface area contributed by atoms with Gasteiger partial charge in [0.25, 0.3) is 0 Å². The number of unbranched alkanes of at least 4 members (excludes halogenated alkanes) is 7. The van der Waals surface area contributed by atoms with Gasteiger partial charge in [-0.3, -0.25) is 4.98 Å². The zero-order valence-electron chi connectivity index (χ0n) is 21.4. The smallest absolute Gasteiger partial charge is 0.119 e. The highest BCUT2D eigenvalue weighted by Crippen LogP contribution is 2.27. The molecule has 2 nitrogen and oxygen atoms in total. The summed E-state index contributed by atoms with van der Waals surface area (Å²) in [7, 11) is 0. The van der Waals surface area contributed by atoms with E-state index in [9.17, 15) is 0 Å². The standard InChI is InChI=1S/C32H43NO/c1-3-5-7-8-9-10-13-25-34-31-23-19-29(20-24-31)32-16-12-11-15-28(32)18-22-30-21-17-27(26-33-30)14-6-4-2/h11-12,15-17,19-21,23-24,26H,3-10,13-14,18,22,25H2,1-2H3. The predicted molar refractivity (Wildman–Crippen MR) is 146 cm³/mol. The van der Waals surface area contributed by atoms with E-state index in [4.69, 9.17) is 9.72 Å². The molecule has 3 aromatic rings. The quantitative estimate of drug-likeness (QED) is 0.200. The first-order valence-corrected chi connectivity index (χ1v) is 13.5. The summed E-state index contributed by atoms with van der Waals surface area (Å²) in [5.41, 5.74) is 6.45. The lowest BCUT2D eigenvalue weighted by atomic mass is 9.96. The van der Waals surface area contributed by atoms with E-state index < -0.39 is 0 Å². The fourth-order valence-corrected chi connectivity index (χ4v) is 4.39. The van der Waals surface area contributed by atoms with Crippen LogP contribution < -0.4 is 4.74 Å². The summed E-state index contributed by atoms with van der Waals surface area (Å²) in [6, 6.07) is 21.8. The van der Waals surface area contributed by atoms with E-state index in [-0.39, 0.29) is 0 Å². The SMILES string of the molecule is CCCCCCCCCOc1ccc(-c2ccccc2CCc2ccc(CCCC)cn2)cc1. The van der Waals surface area contributed by atoms with Gasteiger partial charge in [-0.05, 0) is 72.6 Å². The van der Waals surface area contributed by atoms with E-state index in [1.807, 2.05) is 0 Å². The normalized spacial score (nSPS) is 11.0. The second-order valence-corrected chi connectivity index (χ2v) is 9.41. The molecule has 0 spiro atoms. The second-order valence-electron chi connectivity index (χ2n) is 9.41. The molecule has 0 radical (unpaired) electrons. The van der Waals surface area contributed by atoms with Crippen LogP contribution in [0.1, 0.15) is 88.5 Å². The molecule has 0 unspecified atom stereocenters. The number of benzene rings is 2. The molecular weight excluding hydrogens is 414 g/mol. The summed E-state index contributed by atoms with van der Waals surface area (Å²) in [4.78, 5) is 4.70. The molecule has 0 amide bonds. The molecule has 182 valence electrons. The van der Waals surface area contributed by atoms with Crippen molar-refractivity contribution in [2.75, 3.05) is 6.61 Å². The zero-order valence-corrected chi connectivity index (χ0v) is 21.4. The Morgan fingerprint density at radius 2 is 1.38 bits per heavy atom. The number of nitrogens with zero attached hydrogens (tertiary/aromatic N) is 1. The molecule has 0 atom stereocenters. The number of hydrogen-bond acceptors (Lipinski definition) is 2. The first-order valence-electron chi connectivity index (χ1n) is 13.5. The molecule has 0 aliphatic carbocycles. The van der Waals surface area contributed by atoms with Gasteiger partial charge in [0.1, 0.15) is 5.75 Å². The van der Waals surface area contributed by atoms with E-state index in [1.54, 1.807) is 0 Å². The minimum absolute atomic E-state index is 0.813. The third-order valence-corrected chi connectivity index (χ3v) is 6.55. The van der Waals surface area contributed by atoms with Gasteiger partial charge in [0.15, 0.2) is 0 Å². The molecule has 2 aromatic carbocycles. The van der Waals surface area contributed by atoms with E-state index in [0.717, 1.165) is 38.0 Å². The van der Waals surface area contributed by atoms with Gasteiger partial charge in [-0.1, -0.05) is 101 Å². The van der Waals surface area contributed by atoms with Crippen LogP contribution in [0.5, 0.6) is 5.75 Å². The Kier molecular flexibility index (Phi) is 11.7. The van der Waals surface area contributed by atoms with Gasteiger partial charge < -0.3 is 4.74 Å². The predicted octanol–water partition coefficient (Wildman–Crippen LogP) is 9.01. The van der Waals surface area contributed by atoms with E-state index in [2.05, 4.69) is 80.7 Å². The lowest BCUT2D eigenvalue weighted by molar-refractivity contribution is 0.304. The van der Waals surface area contributed by atoms with Crippen LogP contribution in [0.4, 0.5) is 0 Å². The number of hydrogen-bond donors (Lipinski definition) is 0. The van der Waals surface area contributed by atoms with E-state index >= 15 is 0 Å². The Bertz CT molecular complexity index is 930. The van der Waals surface area contributed by atoms with Crippen molar-refractivity contribution < 1.29 is 4.74 Å². The Labute approximate surface area is 207 Å². The summed E-state index contributed by atoms with van der Waals surface area (Å²) in [6.45, 7) is 5.31. The van der Waals surface area contributed by atoms with Crippen molar-refractivity contribution in [3.63, 3.8) is 0 Å². The van der Waals surface area contributed by atoms with Crippen LogP contribution in [0.3, 0.4) is 0 Å². The minimum atomic E-state index is 0.813. The Morgan fingerprint density at radius 1 is 0.647 bits per heavy atom. The second kappa shape index (κ2) is 15.3. The minimum Gasteiger partial charge on any atom is -0.494 e. The zero-order chi connectivity index (χ0) is 23.8. The summed E-state index contributed by atoms with van der Waals surface area (Å²) in [6.07, 6.45) is 16.8. The van der Waals surface area contributed by atoms with Crippen LogP contribution in [0.25, 0.3) is 11.1 Å². The van der Waals surface area contributed by atoms with Gasteiger partial charge >= 0.3 is 0 Å². The van der Waals surface area contributed by atoms with Crippen molar-refractivity contribution in [1.29, 1.82) is 0 Å². The van der Waals surface area contributed by atoms with Crippen molar-refractivity contribution in [2.45, 2.75) is 90.9 Å². The number of ether oxygens (including phenoxy) is 1. The van der Waals surface area contributed by atoms with Crippen molar-refractivity contribution in [3.8, 4) is 16.9 Å². The summed E-state index contributed by atoms with van der Waals surface area (Å²) in [5.74, 6) is 0.972. The molecular formula is C32H43NO. The van der Waals surface area contributed by atoms with E-state index in [0.29, 0.717) is 0 Å². The highest BCUT2D eigenvalue weighted by atomic mass is 16.5. The molecule has 1 aromatic heterocycles. The topological polar surface area (TPSA) is 22.1 Å². The van der Waals surface area contributed by atoms with Crippen LogP contribution in [-0.2, 0) is 19.3 Å². The van der Waals surface area contributed by atoms with Crippen molar-refractivity contribution in [2.24, 2.45) is 0 Å². The first-order chi connectivity index (χ1) is 16.8. The maximum atomic E-state index is 5.99. The van der Waals surface area contributed by atoms with Gasteiger partial charge in [0.05, 0.1) is 6.61 Å². The van der Waals surface area contributed by atoms with Gasteiger partial charge in [0.2, 0.25) is 0 Å². The number of pyridine rings is 1. The molecule has 1 heterocycles. The molecule has 34 heavy (non-hydrogen) atoms. The fourth-order valence-electron chi connectivity index (χ4n) is 4.39. The molecule has 3 rings (SSSR count). The highest BCUT2D eigenvalue weighted by Gasteiger charge is 2.07. The van der Waals surface area contributed by atoms with Crippen LogP contribution in [0, 0.1) is 0 Å². The maximum absolute atomic E-state index is 5.99. The van der Waals surface area contributed by atoms with Crippen molar-refractivity contribution in [1.82, 2.24) is 4.98 Å². The maximum Gasteiger partial charge on any atom is 0.119 e. The van der Waals surface area contributed by atoms with E-state index in [1.165, 1.54) is 79.3 Å². The lowest BCUT2D eigenvalue weighted by Crippen LogP contribution is -1.98. The fraction of sp³-hybridized carbons (Fsp3) is 0.469. The number of aryl methyl sites for hydroxylation is 3. The summed E-state index contributed by atoms with van der Waals surface area (Å²) < 4.78 is 5.99. The van der Waals surface area contributed by atoms with Gasteiger partial charge in [-0.25, -0.2) is 0 Å². The molecule has 0 aliphatic rings. The molecule has 0 saturated heterocycles. The van der Waals surface area contributed by atoms with Gasteiger partial charge in [-0.15, -0.1) is 0 Å². The third kappa shape index (κ3) is 8.97. The summed E-state index contributed by atoms with van der Waals surface area (Å²) in [5, 5.41) is 0. The largest absolute Gasteiger partial charge is 0.494 e. The Hall–Kier alpha value is -2.61. The van der Waals surface area contributed by atoms with Gasteiger partial charge in [0, 0.05) is 11.9 Å². The molecule has 0 saturated carbocycles. The molecule has 2 heteroatoms. The van der Waals surface area contributed by atoms with Crippen LogP contribution in [0.15, 0.2) is 66.9 Å². The van der Waals surface area contributed by atoms with Crippen molar-refractivity contribution in [3.05, 3.63) is 83.7 Å². The lowest BCUT2D eigenvalue weighted by Gasteiger charge is -2.11. The monoisotopic (exact) mass is 457 g/mol. The van der Waals surface area contributed by atoms with Crippen LogP contribution in [0.2, 0.25) is 0 Å². The molecule has 0 N–H and O–H groups in total. The molecule has 0 bridgehead atoms. The van der Waals surface area contributed by atoms with Gasteiger partial charge in [-0.2, -0.15) is 0 Å². The van der Waals surface area contributed by atoms with Crippen LogP contribution in [-0.4, -0.2) is 11.6 Å². The van der Waals surface area contributed by atoms with Crippen LogP contribution >= 0.6 is 0 Å². The van der Waals surface area contributed by atoms with Crippen molar-refractivity contribution >= 4 is 0 Å². The average molecular weight is 458 g/mol. The number of rotatable bonds is 16. The highest BCUT2D eigenvalue weighted by molar-refractivity contribution is 5.68.